The van der Waals surface area contributed by atoms with E-state index in [4.69, 9.17) is 4.74 Å². The van der Waals surface area contributed by atoms with Crippen LogP contribution < -0.4 is 0 Å². The lowest BCUT2D eigenvalue weighted by atomic mass is 9.93. The summed E-state index contributed by atoms with van der Waals surface area (Å²) in [7, 11) is 0. The van der Waals surface area contributed by atoms with E-state index in [-0.39, 0.29) is 5.25 Å². The summed E-state index contributed by atoms with van der Waals surface area (Å²) in [5, 5.41) is 0.215. The molecule has 2 atom stereocenters. The molecule has 0 N–H and O–H groups in total. The third-order valence-electron chi connectivity index (χ3n) is 3.21. The molecule has 0 spiro atoms. The van der Waals surface area contributed by atoms with Gasteiger partial charge in [-0.15, -0.1) is 0 Å². The number of hydrogen-bond donors (Lipinski definition) is 0. The van der Waals surface area contributed by atoms with Crippen LogP contribution in [0.1, 0.15) is 39.0 Å². The first-order chi connectivity index (χ1) is 6.72. The molecular formula is C11H18O2S. The van der Waals surface area contributed by atoms with Crippen LogP contribution in [0.2, 0.25) is 0 Å². The predicted molar refractivity (Wildman–Crippen MR) is 58.7 cm³/mol. The second kappa shape index (κ2) is 4.23. The van der Waals surface area contributed by atoms with Crippen LogP contribution in [0.3, 0.4) is 0 Å². The Hall–Kier alpha value is -0.0200. The summed E-state index contributed by atoms with van der Waals surface area (Å²) >= 11 is 1.83. The summed E-state index contributed by atoms with van der Waals surface area (Å²) in [5.41, 5.74) is -0.449. The number of rotatable bonds is 2. The highest BCUT2D eigenvalue weighted by Gasteiger charge is 2.41. The van der Waals surface area contributed by atoms with Gasteiger partial charge in [0.25, 0.3) is 0 Å². The first-order valence-corrected chi connectivity index (χ1v) is 6.57. The highest BCUT2D eigenvalue weighted by atomic mass is 32.2. The Balaban J connectivity index is 1.98. The van der Waals surface area contributed by atoms with Crippen LogP contribution in [-0.2, 0) is 9.53 Å². The van der Waals surface area contributed by atoms with Crippen LogP contribution in [0.25, 0.3) is 0 Å². The Morgan fingerprint density at radius 1 is 1.43 bits per heavy atom. The van der Waals surface area contributed by atoms with Gasteiger partial charge in [-0.2, -0.15) is 11.8 Å². The maximum absolute atomic E-state index is 12.2. The Bertz CT molecular complexity index is 215. The first kappa shape index (κ1) is 10.5. The topological polar surface area (TPSA) is 26.3 Å². The number of hydrogen-bond acceptors (Lipinski definition) is 3. The summed E-state index contributed by atoms with van der Waals surface area (Å²) < 4.78 is 5.59. The SMILES string of the molecule is CC1(C(=O)C2CCCCS2)CCCO1. The van der Waals surface area contributed by atoms with Gasteiger partial charge < -0.3 is 4.74 Å². The van der Waals surface area contributed by atoms with E-state index in [0.29, 0.717) is 5.78 Å². The van der Waals surface area contributed by atoms with Crippen LogP contribution in [0, 0.1) is 0 Å². The molecule has 0 aliphatic carbocycles. The number of carbonyl (C=O) groups excluding carboxylic acids is 1. The summed E-state index contributed by atoms with van der Waals surface area (Å²) in [6, 6.07) is 0. The Labute approximate surface area is 89.8 Å². The van der Waals surface area contributed by atoms with Crippen molar-refractivity contribution in [2.45, 2.75) is 49.9 Å². The molecule has 2 heterocycles. The fourth-order valence-corrected chi connectivity index (χ4v) is 3.65. The lowest BCUT2D eigenvalue weighted by Crippen LogP contribution is -2.41. The fourth-order valence-electron chi connectivity index (χ4n) is 2.26. The van der Waals surface area contributed by atoms with Crippen molar-refractivity contribution >= 4 is 17.5 Å². The van der Waals surface area contributed by atoms with E-state index >= 15 is 0 Å². The van der Waals surface area contributed by atoms with Crippen molar-refractivity contribution in [1.29, 1.82) is 0 Å². The zero-order valence-electron chi connectivity index (χ0n) is 8.75. The number of ether oxygens (including phenoxy) is 1. The molecule has 0 radical (unpaired) electrons. The Morgan fingerprint density at radius 3 is 2.86 bits per heavy atom. The second-order valence-corrected chi connectivity index (χ2v) is 5.71. The monoisotopic (exact) mass is 214 g/mol. The third kappa shape index (κ3) is 1.98. The Kier molecular flexibility index (Phi) is 3.17. The van der Waals surface area contributed by atoms with E-state index < -0.39 is 5.60 Å². The standard InChI is InChI=1S/C11H18O2S/c1-11(6-4-7-13-11)10(12)9-5-2-3-8-14-9/h9H,2-8H2,1H3. The first-order valence-electron chi connectivity index (χ1n) is 5.52. The van der Waals surface area contributed by atoms with Crippen molar-refractivity contribution < 1.29 is 9.53 Å². The quantitative estimate of drug-likeness (QED) is 0.706. The highest BCUT2D eigenvalue weighted by molar-refractivity contribution is 8.00. The molecule has 0 aromatic heterocycles. The lowest BCUT2D eigenvalue weighted by Gasteiger charge is -2.28. The molecule has 0 saturated carbocycles. The average molecular weight is 214 g/mol. The van der Waals surface area contributed by atoms with E-state index in [1.54, 1.807) is 0 Å². The lowest BCUT2D eigenvalue weighted by molar-refractivity contribution is -0.136. The van der Waals surface area contributed by atoms with E-state index in [2.05, 4.69) is 0 Å². The Morgan fingerprint density at radius 2 is 2.29 bits per heavy atom. The predicted octanol–water partition coefficient (Wildman–Crippen LogP) is 2.41. The van der Waals surface area contributed by atoms with Gasteiger partial charge >= 0.3 is 0 Å². The summed E-state index contributed by atoms with van der Waals surface area (Å²) in [5.74, 6) is 1.49. The minimum Gasteiger partial charge on any atom is -0.367 e. The van der Waals surface area contributed by atoms with Gasteiger partial charge in [0.1, 0.15) is 5.60 Å². The van der Waals surface area contributed by atoms with Gasteiger partial charge in [0.05, 0.1) is 5.25 Å². The molecule has 2 rings (SSSR count). The molecule has 2 fully saturated rings. The molecule has 80 valence electrons. The van der Waals surface area contributed by atoms with Crippen LogP contribution >= 0.6 is 11.8 Å². The number of Topliss-reactive ketones (excluding diaryl/α,β-unsaturated/α-hetero) is 1. The molecule has 2 aliphatic rings. The van der Waals surface area contributed by atoms with Gasteiger partial charge in [0.15, 0.2) is 5.78 Å². The molecule has 2 aliphatic heterocycles. The van der Waals surface area contributed by atoms with Gasteiger partial charge in [0.2, 0.25) is 0 Å². The minimum atomic E-state index is -0.449. The molecule has 3 heteroatoms. The minimum absolute atomic E-state index is 0.215. The highest BCUT2D eigenvalue weighted by Crippen LogP contribution is 2.34. The molecule has 0 aromatic carbocycles. The van der Waals surface area contributed by atoms with Crippen LogP contribution in [-0.4, -0.2) is 29.0 Å². The fraction of sp³-hybridized carbons (Fsp3) is 0.909. The molecule has 0 aromatic rings. The maximum Gasteiger partial charge on any atom is 0.177 e. The van der Waals surface area contributed by atoms with Gasteiger partial charge in [-0.05, 0) is 38.4 Å². The van der Waals surface area contributed by atoms with E-state index in [1.165, 1.54) is 12.8 Å². The molecule has 2 saturated heterocycles. The summed E-state index contributed by atoms with van der Waals surface area (Å²) in [6.07, 6.45) is 5.50. The van der Waals surface area contributed by atoms with Crippen LogP contribution in [0.4, 0.5) is 0 Å². The molecular weight excluding hydrogens is 196 g/mol. The van der Waals surface area contributed by atoms with E-state index in [1.807, 2.05) is 18.7 Å². The molecule has 0 bridgehead atoms. The maximum atomic E-state index is 12.2. The summed E-state index contributed by atoms with van der Waals surface area (Å²) in [6.45, 7) is 2.73. The normalized spacial score (nSPS) is 38.5. The van der Waals surface area contributed by atoms with Crippen LogP contribution in [0.5, 0.6) is 0 Å². The van der Waals surface area contributed by atoms with Gasteiger partial charge in [-0.1, -0.05) is 6.42 Å². The smallest absolute Gasteiger partial charge is 0.177 e. The van der Waals surface area contributed by atoms with Crippen molar-refractivity contribution in [3.8, 4) is 0 Å². The molecule has 0 amide bonds. The number of carbonyl (C=O) groups is 1. The zero-order valence-corrected chi connectivity index (χ0v) is 9.57. The van der Waals surface area contributed by atoms with E-state index in [9.17, 15) is 4.79 Å². The molecule has 2 unspecified atom stereocenters. The molecule has 2 nitrogen and oxygen atoms in total. The van der Waals surface area contributed by atoms with Crippen molar-refractivity contribution in [1.82, 2.24) is 0 Å². The van der Waals surface area contributed by atoms with Crippen molar-refractivity contribution in [2.75, 3.05) is 12.4 Å². The summed E-state index contributed by atoms with van der Waals surface area (Å²) in [4.78, 5) is 12.2. The number of ketones is 1. The van der Waals surface area contributed by atoms with Gasteiger partial charge in [-0.25, -0.2) is 0 Å². The van der Waals surface area contributed by atoms with Gasteiger partial charge in [-0.3, -0.25) is 4.79 Å². The average Bonchev–Trinajstić information content (AvgIpc) is 2.67. The van der Waals surface area contributed by atoms with Gasteiger partial charge in [0, 0.05) is 6.61 Å². The molecule has 14 heavy (non-hydrogen) atoms. The number of thioether (sulfide) groups is 1. The van der Waals surface area contributed by atoms with E-state index in [0.717, 1.165) is 31.6 Å². The zero-order chi connectivity index (χ0) is 10.0. The van der Waals surface area contributed by atoms with Crippen molar-refractivity contribution in [2.24, 2.45) is 0 Å². The van der Waals surface area contributed by atoms with Crippen molar-refractivity contribution in [3.05, 3.63) is 0 Å². The van der Waals surface area contributed by atoms with Crippen molar-refractivity contribution in [3.63, 3.8) is 0 Å². The second-order valence-electron chi connectivity index (χ2n) is 4.40. The largest absolute Gasteiger partial charge is 0.367 e. The van der Waals surface area contributed by atoms with Crippen LogP contribution in [0.15, 0.2) is 0 Å². The third-order valence-corrected chi connectivity index (χ3v) is 4.59.